The van der Waals surface area contributed by atoms with E-state index in [1.54, 1.807) is 7.11 Å². The molecule has 0 aliphatic heterocycles. The SMILES string of the molecule is CCCNC(COC)CSC1CCCC1. The van der Waals surface area contributed by atoms with E-state index in [4.69, 9.17) is 4.74 Å². The third-order valence-corrected chi connectivity index (χ3v) is 4.42. The maximum Gasteiger partial charge on any atom is 0.0623 e. The highest BCUT2D eigenvalue weighted by molar-refractivity contribution is 7.99. The molecule has 0 aromatic carbocycles. The normalized spacial score (nSPS) is 19.6. The highest BCUT2D eigenvalue weighted by Crippen LogP contribution is 2.29. The van der Waals surface area contributed by atoms with Crippen molar-refractivity contribution in [2.24, 2.45) is 0 Å². The van der Waals surface area contributed by atoms with E-state index < -0.39 is 0 Å². The quantitative estimate of drug-likeness (QED) is 0.694. The van der Waals surface area contributed by atoms with Gasteiger partial charge in [0.05, 0.1) is 6.61 Å². The summed E-state index contributed by atoms with van der Waals surface area (Å²) < 4.78 is 5.24. The minimum absolute atomic E-state index is 0.542. The summed E-state index contributed by atoms with van der Waals surface area (Å²) in [6, 6.07) is 0.542. The number of methoxy groups -OCH3 is 1. The molecule has 0 radical (unpaired) electrons. The van der Waals surface area contributed by atoms with Crippen molar-refractivity contribution in [2.45, 2.75) is 50.3 Å². The van der Waals surface area contributed by atoms with E-state index in [1.807, 2.05) is 0 Å². The van der Waals surface area contributed by atoms with Crippen LogP contribution in [0.4, 0.5) is 0 Å². The van der Waals surface area contributed by atoms with Crippen molar-refractivity contribution in [3.63, 3.8) is 0 Å². The second-order valence-electron chi connectivity index (χ2n) is 4.35. The summed E-state index contributed by atoms with van der Waals surface area (Å²) >= 11 is 2.14. The van der Waals surface area contributed by atoms with Gasteiger partial charge in [0.1, 0.15) is 0 Å². The Labute approximate surface area is 98.5 Å². The maximum absolute atomic E-state index is 5.24. The number of hydrogen-bond acceptors (Lipinski definition) is 3. The zero-order chi connectivity index (χ0) is 10.9. The van der Waals surface area contributed by atoms with Crippen LogP contribution in [-0.4, -0.2) is 37.3 Å². The molecule has 1 saturated carbocycles. The van der Waals surface area contributed by atoms with Crippen LogP contribution >= 0.6 is 11.8 Å². The lowest BCUT2D eigenvalue weighted by molar-refractivity contribution is 0.174. The van der Waals surface area contributed by atoms with Crippen LogP contribution in [0.2, 0.25) is 0 Å². The van der Waals surface area contributed by atoms with Gasteiger partial charge in [-0.15, -0.1) is 0 Å². The molecule has 1 fully saturated rings. The Balaban J connectivity index is 2.11. The lowest BCUT2D eigenvalue weighted by Gasteiger charge is -2.19. The molecule has 2 nitrogen and oxygen atoms in total. The van der Waals surface area contributed by atoms with E-state index in [0.29, 0.717) is 6.04 Å². The summed E-state index contributed by atoms with van der Waals surface area (Å²) in [5.41, 5.74) is 0. The molecule has 1 unspecified atom stereocenters. The molecule has 3 heteroatoms. The Bertz CT molecular complexity index is 149. The first-order valence-corrected chi connectivity index (χ1v) is 7.25. The molecule has 1 N–H and O–H groups in total. The zero-order valence-electron chi connectivity index (χ0n) is 10.1. The van der Waals surface area contributed by atoms with Crippen LogP contribution in [0.1, 0.15) is 39.0 Å². The summed E-state index contributed by atoms with van der Waals surface area (Å²) in [5.74, 6) is 1.21. The van der Waals surface area contributed by atoms with Gasteiger partial charge in [-0.2, -0.15) is 11.8 Å². The fraction of sp³-hybridized carbons (Fsp3) is 1.00. The Morgan fingerprint density at radius 3 is 2.73 bits per heavy atom. The summed E-state index contributed by atoms with van der Waals surface area (Å²) in [6.45, 7) is 4.17. The zero-order valence-corrected chi connectivity index (χ0v) is 10.9. The summed E-state index contributed by atoms with van der Waals surface area (Å²) in [4.78, 5) is 0. The third-order valence-electron chi connectivity index (χ3n) is 2.89. The minimum Gasteiger partial charge on any atom is -0.383 e. The van der Waals surface area contributed by atoms with E-state index in [2.05, 4.69) is 24.0 Å². The average molecular weight is 231 g/mol. The summed E-state index contributed by atoms with van der Waals surface area (Å²) in [7, 11) is 1.79. The van der Waals surface area contributed by atoms with Crippen molar-refractivity contribution < 1.29 is 4.74 Å². The van der Waals surface area contributed by atoms with Crippen LogP contribution in [0.3, 0.4) is 0 Å². The Kier molecular flexibility index (Phi) is 7.49. The summed E-state index contributed by atoms with van der Waals surface area (Å²) in [5, 5.41) is 4.47. The van der Waals surface area contributed by atoms with Crippen molar-refractivity contribution in [3.8, 4) is 0 Å². The predicted octanol–water partition coefficient (Wildman–Crippen LogP) is 2.68. The van der Waals surface area contributed by atoms with Gasteiger partial charge in [0.25, 0.3) is 0 Å². The third kappa shape index (κ3) is 5.79. The second-order valence-corrected chi connectivity index (χ2v) is 5.68. The van der Waals surface area contributed by atoms with Crippen LogP contribution in [0.15, 0.2) is 0 Å². The van der Waals surface area contributed by atoms with Crippen LogP contribution < -0.4 is 5.32 Å². The largest absolute Gasteiger partial charge is 0.383 e. The van der Waals surface area contributed by atoms with E-state index in [-0.39, 0.29) is 0 Å². The van der Waals surface area contributed by atoms with Crippen LogP contribution in [0.5, 0.6) is 0 Å². The van der Waals surface area contributed by atoms with Gasteiger partial charge in [-0.1, -0.05) is 19.8 Å². The van der Waals surface area contributed by atoms with E-state index in [1.165, 1.54) is 37.9 Å². The van der Waals surface area contributed by atoms with Gasteiger partial charge in [0.2, 0.25) is 0 Å². The van der Waals surface area contributed by atoms with Crippen molar-refractivity contribution >= 4 is 11.8 Å². The number of ether oxygens (including phenoxy) is 1. The number of hydrogen-bond donors (Lipinski definition) is 1. The highest BCUT2D eigenvalue weighted by atomic mass is 32.2. The molecule has 1 aliphatic carbocycles. The van der Waals surface area contributed by atoms with Crippen molar-refractivity contribution in [1.29, 1.82) is 0 Å². The monoisotopic (exact) mass is 231 g/mol. The summed E-state index contributed by atoms with van der Waals surface area (Å²) in [6.07, 6.45) is 6.94. The van der Waals surface area contributed by atoms with Gasteiger partial charge in [-0.3, -0.25) is 0 Å². The van der Waals surface area contributed by atoms with Crippen molar-refractivity contribution in [1.82, 2.24) is 5.32 Å². The molecule has 0 saturated heterocycles. The van der Waals surface area contributed by atoms with E-state index in [0.717, 1.165) is 18.4 Å². The van der Waals surface area contributed by atoms with Gasteiger partial charge < -0.3 is 10.1 Å². The number of nitrogens with one attached hydrogen (secondary N) is 1. The van der Waals surface area contributed by atoms with E-state index >= 15 is 0 Å². The first-order valence-electron chi connectivity index (χ1n) is 6.20. The first kappa shape index (κ1) is 13.3. The fourth-order valence-corrected chi connectivity index (χ4v) is 3.41. The molecular weight excluding hydrogens is 206 g/mol. The standard InChI is InChI=1S/C12H25NOS/c1-3-8-13-11(9-14-2)10-15-12-6-4-5-7-12/h11-13H,3-10H2,1-2H3. The predicted molar refractivity (Wildman–Crippen MR) is 68.7 cm³/mol. The smallest absolute Gasteiger partial charge is 0.0623 e. The van der Waals surface area contributed by atoms with Crippen molar-refractivity contribution in [3.05, 3.63) is 0 Å². The molecule has 0 spiro atoms. The molecule has 0 aromatic rings. The minimum atomic E-state index is 0.542. The fourth-order valence-electron chi connectivity index (χ4n) is 2.02. The van der Waals surface area contributed by atoms with Gasteiger partial charge in [-0.05, 0) is 25.8 Å². The Morgan fingerprint density at radius 1 is 1.40 bits per heavy atom. The Hall–Kier alpha value is 0.270. The van der Waals surface area contributed by atoms with Gasteiger partial charge >= 0.3 is 0 Å². The molecule has 0 bridgehead atoms. The average Bonchev–Trinajstić information content (AvgIpc) is 2.75. The van der Waals surface area contributed by atoms with Gasteiger partial charge in [0, 0.05) is 24.2 Å². The molecule has 0 amide bonds. The number of thioether (sulfide) groups is 1. The van der Waals surface area contributed by atoms with Gasteiger partial charge in [0.15, 0.2) is 0 Å². The topological polar surface area (TPSA) is 21.3 Å². The molecule has 0 heterocycles. The molecule has 15 heavy (non-hydrogen) atoms. The second kappa shape index (κ2) is 8.43. The Morgan fingerprint density at radius 2 is 2.13 bits per heavy atom. The molecular formula is C12H25NOS. The molecule has 0 aromatic heterocycles. The van der Waals surface area contributed by atoms with E-state index in [9.17, 15) is 0 Å². The molecule has 90 valence electrons. The lowest BCUT2D eigenvalue weighted by atomic mass is 10.3. The van der Waals surface area contributed by atoms with Crippen LogP contribution in [-0.2, 0) is 4.74 Å². The van der Waals surface area contributed by atoms with Gasteiger partial charge in [-0.25, -0.2) is 0 Å². The highest BCUT2D eigenvalue weighted by Gasteiger charge is 2.17. The lowest BCUT2D eigenvalue weighted by Crippen LogP contribution is -2.36. The molecule has 1 aliphatic rings. The first-order chi connectivity index (χ1) is 7.36. The van der Waals surface area contributed by atoms with Crippen LogP contribution in [0, 0.1) is 0 Å². The van der Waals surface area contributed by atoms with Crippen LogP contribution in [0.25, 0.3) is 0 Å². The number of rotatable bonds is 8. The molecule has 1 rings (SSSR count). The molecule has 1 atom stereocenters. The van der Waals surface area contributed by atoms with Crippen molar-refractivity contribution in [2.75, 3.05) is 26.0 Å². The maximum atomic E-state index is 5.24.